The second-order valence-corrected chi connectivity index (χ2v) is 9.48. The lowest BCUT2D eigenvalue weighted by Crippen LogP contribution is -2.17. The first-order valence-corrected chi connectivity index (χ1v) is 12.9. The van der Waals surface area contributed by atoms with Gasteiger partial charge in [-0.25, -0.2) is 10.4 Å². The van der Waals surface area contributed by atoms with E-state index in [-0.39, 0.29) is 5.91 Å². The summed E-state index contributed by atoms with van der Waals surface area (Å²) < 4.78 is 11.7. The number of hydrazone groups is 1. The maximum Gasteiger partial charge on any atom is 0.271 e. The van der Waals surface area contributed by atoms with Gasteiger partial charge in [-0.05, 0) is 71.7 Å². The molecule has 0 spiro atoms. The summed E-state index contributed by atoms with van der Waals surface area (Å²) in [5.41, 5.74) is 7.77. The molecule has 0 saturated carbocycles. The molecule has 1 amide bonds. The highest BCUT2D eigenvalue weighted by atomic mass is 79.9. The van der Waals surface area contributed by atoms with Crippen LogP contribution in [0, 0.1) is 6.92 Å². The summed E-state index contributed by atoms with van der Waals surface area (Å²) >= 11 is 5.01. The van der Waals surface area contributed by atoms with Gasteiger partial charge in [0.25, 0.3) is 5.91 Å². The monoisotopic (exact) mass is 564 g/mol. The molecule has 0 unspecified atom stereocenters. The highest BCUT2D eigenvalue weighted by molar-refractivity contribution is 9.10. The van der Waals surface area contributed by atoms with Crippen molar-refractivity contribution in [2.75, 3.05) is 19.0 Å². The Morgan fingerprint density at radius 2 is 1.89 bits per heavy atom. The van der Waals surface area contributed by atoms with Crippen LogP contribution in [0.4, 0.5) is 10.8 Å². The predicted molar refractivity (Wildman–Crippen MR) is 149 cm³/mol. The molecule has 0 atom stereocenters. The minimum atomic E-state index is -0.310. The van der Waals surface area contributed by atoms with Gasteiger partial charge in [-0.15, -0.1) is 11.3 Å². The Morgan fingerprint density at radius 1 is 1.14 bits per heavy atom. The first kappa shape index (κ1) is 25.4. The third kappa shape index (κ3) is 6.30. The lowest BCUT2D eigenvalue weighted by Gasteiger charge is -2.11. The molecule has 9 heteroatoms. The van der Waals surface area contributed by atoms with E-state index in [2.05, 4.69) is 55.8 Å². The number of ether oxygens (including phenoxy) is 2. The van der Waals surface area contributed by atoms with Gasteiger partial charge in [0.15, 0.2) is 16.6 Å². The van der Waals surface area contributed by atoms with Gasteiger partial charge in [0.2, 0.25) is 0 Å². The average molecular weight is 565 g/mol. The van der Waals surface area contributed by atoms with Crippen molar-refractivity contribution >= 4 is 50.2 Å². The number of carbonyl (C=O) groups is 1. The first-order chi connectivity index (χ1) is 17.5. The maximum atomic E-state index is 12.5. The van der Waals surface area contributed by atoms with Crippen molar-refractivity contribution in [2.24, 2.45) is 5.10 Å². The zero-order chi connectivity index (χ0) is 25.5. The molecule has 0 radical (unpaired) electrons. The molecule has 7 nitrogen and oxygen atoms in total. The molecule has 184 valence electrons. The van der Waals surface area contributed by atoms with Crippen LogP contribution >= 0.6 is 27.3 Å². The Kier molecular flexibility index (Phi) is 8.35. The number of rotatable bonds is 9. The molecule has 2 N–H and O–H groups in total. The van der Waals surface area contributed by atoms with Crippen LogP contribution in [-0.2, 0) is 0 Å². The molecule has 1 heterocycles. The molecule has 4 aromatic rings. The fourth-order valence-electron chi connectivity index (χ4n) is 3.35. The number of hydrogen-bond donors (Lipinski definition) is 2. The Hall–Kier alpha value is -3.69. The van der Waals surface area contributed by atoms with Gasteiger partial charge in [-0.1, -0.05) is 29.8 Å². The molecular weight excluding hydrogens is 540 g/mol. The molecule has 3 aromatic carbocycles. The van der Waals surface area contributed by atoms with Crippen LogP contribution in [0.2, 0.25) is 0 Å². The van der Waals surface area contributed by atoms with Gasteiger partial charge < -0.3 is 14.8 Å². The molecule has 0 bridgehead atoms. The van der Waals surface area contributed by atoms with Crippen molar-refractivity contribution in [2.45, 2.75) is 13.8 Å². The molecule has 0 aliphatic heterocycles. The number of carbonyl (C=O) groups excluding carboxylic acids is 1. The molecule has 0 aliphatic carbocycles. The number of halogens is 1. The average Bonchev–Trinajstić information content (AvgIpc) is 3.35. The molecule has 1 aromatic heterocycles. The van der Waals surface area contributed by atoms with E-state index in [4.69, 9.17) is 9.47 Å². The third-order valence-electron chi connectivity index (χ3n) is 5.17. The second kappa shape index (κ2) is 11.8. The molecule has 0 aliphatic rings. The van der Waals surface area contributed by atoms with E-state index in [1.165, 1.54) is 16.9 Å². The predicted octanol–water partition coefficient (Wildman–Crippen LogP) is 6.80. The molecule has 0 saturated heterocycles. The molecule has 0 fully saturated rings. The van der Waals surface area contributed by atoms with Gasteiger partial charge in [0, 0.05) is 22.2 Å². The quantitative estimate of drug-likeness (QED) is 0.172. The third-order valence-corrected chi connectivity index (χ3v) is 6.52. The van der Waals surface area contributed by atoms with Crippen LogP contribution in [0.25, 0.3) is 11.3 Å². The summed E-state index contributed by atoms with van der Waals surface area (Å²) in [5, 5.41) is 10.2. The Morgan fingerprint density at radius 3 is 2.58 bits per heavy atom. The summed E-state index contributed by atoms with van der Waals surface area (Å²) in [4.78, 5) is 17.2. The van der Waals surface area contributed by atoms with Crippen molar-refractivity contribution in [3.63, 3.8) is 0 Å². The standard InChI is InChI=1S/C27H25BrN4O3S/c1-4-35-25-22(28)13-18(14-24(25)34-3)15-29-32-26(33)20-9-7-19(8-10-20)23-16-36-27(31-23)30-21-11-5-17(2)6-12-21/h5-16H,4H2,1-3H3,(H,30,31)(H,32,33)/b29-15-. The number of hydrogen-bond acceptors (Lipinski definition) is 7. The number of aromatic nitrogens is 1. The van der Waals surface area contributed by atoms with E-state index in [1.807, 2.05) is 42.6 Å². The molecule has 4 rings (SSSR count). The zero-order valence-electron chi connectivity index (χ0n) is 20.0. The number of nitrogens with zero attached hydrogens (tertiary/aromatic N) is 2. The van der Waals surface area contributed by atoms with E-state index >= 15 is 0 Å². The van der Waals surface area contributed by atoms with Gasteiger partial charge >= 0.3 is 0 Å². The van der Waals surface area contributed by atoms with Crippen LogP contribution in [0.1, 0.15) is 28.4 Å². The van der Waals surface area contributed by atoms with Crippen LogP contribution in [-0.4, -0.2) is 30.8 Å². The SMILES string of the molecule is CCOc1c(Br)cc(/C=N\NC(=O)c2ccc(-c3csc(Nc4ccc(C)cc4)n3)cc2)cc1OC. The summed E-state index contributed by atoms with van der Waals surface area (Å²) in [6.45, 7) is 4.48. The summed E-state index contributed by atoms with van der Waals surface area (Å²) in [5.74, 6) is 0.892. The van der Waals surface area contributed by atoms with Gasteiger partial charge in [0.05, 0.1) is 30.1 Å². The highest BCUT2D eigenvalue weighted by Gasteiger charge is 2.11. The van der Waals surface area contributed by atoms with E-state index in [9.17, 15) is 4.79 Å². The fraction of sp³-hybridized carbons (Fsp3) is 0.148. The second-order valence-electron chi connectivity index (χ2n) is 7.77. The number of aryl methyl sites for hydroxylation is 1. The van der Waals surface area contributed by atoms with Crippen LogP contribution < -0.4 is 20.2 Å². The van der Waals surface area contributed by atoms with Crippen LogP contribution in [0.3, 0.4) is 0 Å². The smallest absolute Gasteiger partial charge is 0.271 e. The Bertz CT molecular complexity index is 1370. The topological polar surface area (TPSA) is 84.8 Å². The Labute approximate surface area is 222 Å². The first-order valence-electron chi connectivity index (χ1n) is 11.2. The maximum absolute atomic E-state index is 12.5. The molecular formula is C27H25BrN4O3S. The van der Waals surface area contributed by atoms with E-state index < -0.39 is 0 Å². The summed E-state index contributed by atoms with van der Waals surface area (Å²) in [6.07, 6.45) is 1.55. The number of benzene rings is 3. The van der Waals surface area contributed by atoms with Crippen LogP contribution in [0.15, 0.2) is 75.6 Å². The van der Waals surface area contributed by atoms with Crippen molar-refractivity contribution in [3.05, 3.63) is 87.2 Å². The van der Waals surface area contributed by atoms with Crippen LogP contribution in [0.5, 0.6) is 11.5 Å². The van der Waals surface area contributed by atoms with E-state index in [1.54, 1.807) is 31.5 Å². The largest absolute Gasteiger partial charge is 0.493 e. The fourth-order valence-corrected chi connectivity index (χ4v) is 4.66. The minimum absolute atomic E-state index is 0.310. The van der Waals surface area contributed by atoms with E-state index in [0.717, 1.165) is 32.1 Å². The van der Waals surface area contributed by atoms with Crippen molar-refractivity contribution < 1.29 is 14.3 Å². The van der Waals surface area contributed by atoms with Crippen molar-refractivity contribution in [3.8, 4) is 22.8 Å². The molecule has 36 heavy (non-hydrogen) atoms. The lowest BCUT2D eigenvalue weighted by molar-refractivity contribution is 0.0955. The number of anilines is 2. The number of amides is 1. The number of nitrogens with one attached hydrogen (secondary N) is 2. The summed E-state index contributed by atoms with van der Waals surface area (Å²) in [6, 6.07) is 19.0. The summed E-state index contributed by atoms with van der Waals surface area (Å²) in [7, 11) is 1.57. The Balaban J connectivity index is 1.38. The zero-order valence-corrected chi connectivity index (χ0v) is 22.4. The van der Waals surface area contributed by atoms with Gasteiger partial charge in [0.1, 0.15) is 0 Å². The van der Waals surface area contributed by atoms with Gasteiger partial charge in [-0.2, -0.15) is 5.10 Å². The number of methoxy groups -OCH3 is 1. The lowest BCUT2D eigenvalue weighted by atomic mass is 10.1. The number of thiazole rings is 1. The minimum Gasteiger partial charge on any atom is -0.493 e. The van der Waals surface area contributed by atoms with Crippen molar-refractivity contribution in [1.29, 1.82) is 0 Å². The van der Waals surface area contributed by atoms with Gasteiger partial charge in [-0.3, -0.25) is 4.79 Å². The van der Waals surface area contributed by atoms with Crippen molar-refractivity contribution in [1.82, 2.24) is 10.4 Å². The highest BCUT2D eigenvalue weighted by Crippen LogP contribution is 2.36. The van der Waals surface area contributed by atoms with E-state index in [0.29, 0.717) is 23.7 Å². The normalized spacial score (nSPS) is 10.9.